The number of nitrogens with two attached hydrogens (primary N) is 1. The minimum Gasteiger partial charge on any atom is -0.392 e. The average molecular weight is 268 g/mol. The molecule has 0 heterocycles. The minimum atomic E-state index is -0.647. The molecule has 4 nitrogen and oxygen atoms in total. The third kappa shape index (κ3) is 5.36. The van der Waals surface area contributed by atoms with Crippen molar-refractivity contribution in [2.24, 2.45) is 11.7 Å². The molecule has 1 amide bonds. The van der Waals surface area contributed by atoms with Gasteiger partial charge in [-0.15, -0.1) is 0 Å². The molecule has 19 heavy (non-hydrogen) atoms. The maximum absolute atomic E-state index is 13.6. The topological polar surface area (TPSA) is 75.3 Å². The largest absolute Gasteiger partial charge is 0.392 e. The van der Waals surface area contributed by atoms with E-state index in [9.17, 15) is 14.3 Å². The Bertz CT molecular complexity index is 435. The average Bonchev–Trinajstić information content (AvgIpc) is 2.29. The van der Waals surface area contributed by atoms with Crippen LogP contribution in [-0.4, -0.2) is 23.7 Å². The molecule has 0 bridgehead atoms. The van der Waals surface area contributed by atoms with Gasteiger partial charge in [-0.2, -0.15) is 0 Å². The zero-order chi connectivity index (χ0) is 14.4. The molecule has 4 N–H and O–H groups in total. The van der Waals surface area contributed by atoms with E-state index in [0.717, 1.165) is 6.07 Å². The van der Waals surface area contributed by atoms with Crippen LogP contribution in [-0.2, 0) is 6.54 Å². The molecule has 0 aliphatic rings. The lowest BCUT2D eigenvalue weighted by atomic mass is 10.1. The molecule has 1 atom stereocenters. The second-order valence-electron chi connectivity index (χ2n) is 5.08. The number of carbonyl (C=O) groups excluding carboxylic acids is 1. The lowest BCUT2D eigenvalue weighted by molar-refractivity contribution is 0.1000. The zero-order valence-electron chi connectivity index (χ0n) is 11.3. The van der Waals surface area contributed by atoms with Gasteiger partial charge in [0.2, 0.25) is 5.91 Å². The Labute approximate surface area is 112 Å². The van der Waals surface area contributed by atoms with Crippen LogP contribution in [0, 0.1) is 11.7 Å². The lowest BCUT2D eigenvalue weighted by Gasteiger charge is -2.14. The second kappa shape index (κ2) is 7.21. The van der Waals surface area contributed by atoms with Gasteiger partial charge in [0.1, 0.15) is 5.82 Å². The maximum Gasteiger partial charge on any atom is 0.248 e. The third-order valence-corrected chi connectivity index (χ3v) is 2.78. The summed E-state index contributed by atoms with van der Waals surface area (Å²) in [7, 11) is 0. The van der Waals surface area contributed by atoms with Crippen LogP contribution in [0.2, 0.25) is 0 Å². The first-order valence-corrected chi connectivity index (χ1v) is 6.37. The highest BCUT2D eigenvalue weighted by Crippen LogP contribution is 2.10. The summed E-state index contributed by atoms with van der Waals surface area (Å²) >= 11 is 0. The minimum absolute atomic E-state index is 0.154. The monoisotopic (exact) mass is 268 g/mol. The summed E-state index contributed by atoms with van der Waals surface area (Å²) in [6.07, 6.45) is 0.267. The predicted octanol–water partition coefficient (Wildman–Crippen LogP) is 1.42. The summed E-state index contributed by atoms with van der Waals surface area (Å²) in [6.45, 7) is 4.78. The first-order chi connectivity index (χ1) is 8.90. The number of aliphatic hydroxyl groups excluding tert-OH is 1. The molecule has 0 aromatic heterocycles. The van der Waals surface area contributed by atoms with E-state index in [0.29, 0.717) is 31.0 Å². The number of benzene rings is 1. The number of hydrogen-bond acceptors (Lipinski definition) is 3. The number of rotatable bonds is 7. The highest BCUT2D eigenvalue weighted by molar-refractivity contribution is 5.92. The van der Waals surface area contributed by atoms with Crippen LogP contribution >= 0.6 is 0 Å². The maximum atomic E-state index is 13.6. The molecule has 1 aromatic rings. The standard InChI is InChI=1S/C14H21FN2O2/c1-9(2)5-12(18)8-17-7-11-4-3-10(14(16)19)6-13(11)15/h3-4,6,9,12,17-18H,5,7-8H2,1-2H3,(H2,16,19). The van der Waals surface area contributed by atoms with E-state index in [-0.39, 0.29) is 5.56 Å². The summed E-state index contributed by atoms with van der Waals surface area (Å²) in [5.41, 5.74) is 5.66. The molecule has 0 aliphatic carbocycles. The molecule has 1 aromatic carbocycles. The summed E-state index contributed by atoms with van der Waals surface area (Å²) in [4.78, 5) is 10.9. The molecule has 0 saturated carbocycles. The highest BCUT2D eigenvalue weighted by atomic mass is 19.1. The molecule has 0 aliphatic heterocycles. The first kappa shape index (κ1) is 15.6. The normalized spacial score (nSPS) is 12.7. The van der Waals surface area contributed by atoms with Gasteiger partial charge in [0.25, 0.3) is 0 Å². The molecule has 0 saturated heterocycles. The van der Waals surface area contributed by atoms with Gasteiger partial charge in [0.15, 0.2) is 0 Å². The molecule has 0 spiro atoms. The second-order valence-corrected chi connectivity index (χ2v) is 5.08. The van der Waals surface area contributed by atoms with E-state index in [1.54, 1.807) is 0 Å². The van der Waals surface area contributed by atoms with E-state index >= 15 is 0 Å². The van der Waals surface area contributed by atoms with Crippen LogP contribution < -0.4 is 11.1 Å². The molecule has 5 heteroatoms. The number of halogens is 1. The van der Waals surface area contributed by atoms with Crippen LogP contribution in [0.1, 0.15) is 36.2 Å². The van der Waals surface area contributed by atoms with E-state index in [2.05, 4.69) is 5.32 Å². The first-order valence-electron chi connectivity index (χ1n) is 6.37. The number of nitrogens with one attached hydrogen (secondary N) is 1. The Balaban J connectivity index is 2.48. The van der Waals surface area contributed by atoms with Gasteiger partial charge in [-0.25, -0.2) is 4.39 Å². The number of primary amides is 1. The fourth-order valence-electron chi connectivity index (χ4n) is 1.84. The fraction of sp³-hybridized carbons (Fsp3) is 0.500. The number of amides is 1. The lowest BCUT2D eigenvalue weighted by Crippen LogP contribution is -2.27. The summed E-state index contributed by atoms with van der Waals surface area (Å²) in [5, 5.41) is 12.7. The van der Waals surface area contributed by atoms with Crippen LogP contribution in [0.3, 0.4) is 0 Å². The van der Waals surface area contributed by atoms with Crippen molar-refractivity contribution in [1.82, 2.24) is 5.32 Å². The van der Waals surface area contributed by atoms with Crippen LogP contribution in [0.5, 0.6) is 0 Å². The Morgan fingerprint density at radius 2 is 2.16 bits per heavy atom. The van der Waals surface area contributed by atoms with Crippen LogP contribution in [0.4, 0.5) is 4.39 Å². The van der Waals surface area contributed by atoms with Crippen LogP contribution in [0.25, 0.3) is 0 Å². The fourth-order valence-corrected chi connectivity index (χ4v) is 1.84. The SMILES string of the molecule is CC(C)CC(O)CNCc1ccc(C(N)=O)cc1F. The predicted molar refractivity (Wildman–Crippen MR) is 72.1 cm³/mol. The number of carbonyl (C=O) groups is 1. The number of aliphatic hydroxyl groups is 1. The van der Waals surface area contributed by atoms with Crippen molar-refractivity contribution in [3.8, 4) is 0 Å². The smallest absolute Gasteiger partial charge is 0.248 e. The Hall–Kier alpha value is -1.46. The highest BCUT2D eigenvalue weighted by Gasteiger charge is 2.09. The summed E-state index contributed by atoms with van der Waals surface area (Å²) < 4.78 is 13.6. The van der Waals surface area contributed by atoms with Crippen LogP contribution in [0.15, 0.2) is 18.2 Å². The molecular formula is C14H21FN2O2. The van der Waals surface area contributed by atoms with Crippen molar-refractivity contribution >= 4 is 5.91 Å². The molecular weight excluding hydrogens is 247 g/mol. The molecule has 106 valence electrons. The van der Waals surface area contributed by atoms with Crippen molar-refractivity contribution in [3.05, 3.63) is 35.1 Å². The van der Waals surface area contributed by atoms with E-state index in [1.807, 2.05) is 13.8 Å². The molecule has 1 rings (SSSR count). The van der Waals surface area contributed by atoms with Gasteiger partial charge in [0.05, 0.1) is 6.10 Å². The van der Waals surface area contributed by atoms with Crippen molar-refractivity contribution < 1.29 is 14.3 Å². The van der Waals surface area contributed by atoms with Gasteiger partial charge in [-0.1, -0.05) is 19.9 Å². The molecule has 0 fully saturated rings. The Morgan fingerprint density at radius 3 is 2.68 bits per heavy atom. The quantitative estimate of drug-likeness (QED) is 0.700. The third-order valence-electron chi connectivity index (χ3n) is 2.78. The zero-order valence-corrected chi connectivity index (χ0v) is 11.3. The number of hydrogen-bond donors (Lipinski definition) is 3. The molecule has 0 radical (unpaired) electrons. The van der Waals surface area contributed by atoms with Gasteiger partial charge in [-0.05, 0) is 24.5 Å². The van der Waals surface area contributed by atoms with Gasteiger partial charge < -0.3 is 16.2 Å². The van der Waals surface area contributed by atoms with Crippen molar-refractivity contribution in [1.29, 1.82) is 0 Å². The Morgan fingerprint density at radius 1 is 1.47 bits per heavy atom. The molecule has 1 unspecified atom stereocenters. The summed E-state index contributed by atoms with van der Waals surface area (Å²) in [5.74, 6) is -0.698. The van der Waals surface area contributed by atoms with E-state index in [1.165, 1.54) is 12.1 Å². The van der Waals surface area contributed by atoms with Crippen molar-refractivity contribution in [3.63, 3.8) is 0 Å². The van der Waals surface area contributed by atoms with Gasteiger partial charge >= 0.3 is 0 Å². The van der Waals surface area contributed by atoms with E-state index in [4.69, 9.17) is 5.73 Å². The van der Waals surface area contributed by atoms with Gasteiger partial charge in [0, 0.05) is 24.2 Å². The van der Waals surface area contributed by atoms with Crippen molar-refractivity contribution in [2.75, 3.05) is 6.54 Å². The van der Waals surface area contributed by atoms with Crippen molar-refractivity contribution in [2.45, 2.75) is 32.9 Å². The summed E-state index contributed by atoms with van der Waals surface area (Å²) in [6, 6.07) is 4.15. The van der Waals surface area contributed by atoms with Gasteiger partial charge in [-0.3, -0.25) is 4.79 Å². The Kier molecular flexibility index (Phi) is 5.92. The van der Waals surface area contributed by atoms with E-state index < -0.39 is 17.8 Å².